The average molecular weight is 513 g/mol. The quantitative estimate of drug-likeness (QED) is 0.164. The lowest BCUT2D eigenvalue weighted by Crippen LogP contribution is -2.34. The number of ether oxygens (including phenoxy) is 1. The van der Waals surface area contributed by atoms with Gasteiger partial charge in [-0.05, 0) is 51.5 Å². The van der Waals surface area contributed by atoms with Gasteiger partial charge < -0.3 is 14.9 Å². The molecule has 1 aliphatic rings. The van der Waals surface area contributed by atoms with Crippen LogP contribution in [0.3, 0.4) is 0 Å². The second kappa shape index (κ2) is 16.0. The number of rotatable bonds is 14. The van der Waals surface area contributed by atoms with E-state index in [2.05, 4.69) is 19.1 Å². The molecule has 0 saturated carbocycles. The molecule has 1 heterocycles. The van der Waals surface area contributed by atoms with Gasteiger partial charge in [0.25, 0.3) is 0 Å². The predicted octanol–water partition coefficient (Wildman–Crippen LogP) is 6.15. The smallest absolute Gasteiger partial charge is 0.331 e. The zero-order valence-electron chi connectivity index (χ0n) is 23.3. The number of allylic oxidation sites excluding steroid dienone is 8. The Morgan fingerprint density at radius 3 is 2.35 bits per heavy atom. The van der Waals surface area contributed by atoms with E-state index in [1.54, 1.807) is 13.8 Å². The highest BCUT2D eigenvalue weighted by molar-refractivity contribution is 5.85. The minimum Gasteiger partial charge on any atom is -0.478 e. The number of hydrogen-bond donors (Lipinski definition) is 2. The van der Waals surface area contributed by atoms with Crippen molar-refractivity contribution in [3.05, 3.63) is 71.4 Å². The molecule has 2 N–H and O–H groups in total. The predicted molar refractivity (Wildman–Crippen MR) is 148 cm³/mol. The Bertz CT molecular complexity index is 978. The summed E-state index contributed by atoms with van der Waals surface area (Å²) in [6.45, 7) is 13.2. The first-order valence-corrected chi connectivity index (χ1v) is 13.0. The SMILES string of the molecule is CC(=C/C(C)C/C=C/C(C)=C/C(C)C(=O)C(C)C(O)C(C)C/C(C)=C/C(=O)O)/C=C/C1CC=CC(=O)O1. The van der Waals surface area contributed by atoms with Crippen LogP contribution in [0, 0.1) is 23.7 Å². The standard InChI is InChI=1S/C31H44O6/c1-20(16-22(3)14-15-27-12-9-13-29(34)37-27)10-8-11-21(2)17-24(5)30(35)26(7)31(36)25(6)18-23(4)19-28(32)33/h8-9,11,13-17,19-20,24-27,31,36H,10,12,18H2,1-7H3,(H,32,33)/b11-8+,15-14+,21-17+,22-16-,23-19+. The number of esters is 1. The monoisotopic (exact) mass is 512 g/mol. The van der Waals surface area contributed by atoms with Crippen molar-refractivity contribution in [3.8, 4) is 0 Å². The van der Waals surface area contributed by atoms with Crippen molar-refractivity contribution in [2.45, 2.75) is 79.9 Å². The van der Waals surface area contributed by atoms with E-state index in [4.69, 9.17) is 9.84 Å². The van der Waals surface area contributed by atoms with Crippen LogP contribution in [0.2, 0.25) is 0 Å². The fraction of sp³-hybridized carbons (Fsp3) is 0.516. The van der Waals surface area contributed by atoms with E-state index in [0.717, 1.165) is 23.6 Å². The molecule has 37 heavy (non-hydrogen) atoms. The highest BCUT2D eigenvalue weighted by Gasteiger charge is 2.29. The Balaban J connectivity index is 2.60. The van der Waals surface area contributed by atoms with Gasteiger partial charge in [0.1, 0.15) is 11.9 Å². The van der Waals surface area contributed by atoms with E-state index >= 15 is 0 Å². The van der Waals surface area contributed by atoms with Crippen molar-refractivity contribution in [2.24, 2.45) is 23.7 Å². The summed E-state index contributed by atoms with van der Waals surface area (Å²) < 4.78 is 5.23. The third kappa shape index (κ3) is 12.7. The van der Waals surface area contributed by atoms with Gasteiger partial charge in [0, 0.05) is 30.4 Å². The number of aliphatic hydroxyl groups is 1. The summed E-state index contributed by atoms with van der Waals surface area (Å²) in [5, 5.41) is 19.5. The highest BCUT2D eigenvalue weighted by Crippen LogP contribution is 2.24. The zero-order chi connectivity index (χ0) is 28.1. The Hall–Kier alpha value is -2.99. The molecule has 0 radical (unpaired) electrons. The molecule has 0 aromatic rings. The molecule has 1 rings (SSSR count). The van der Waals surface area contributed by atoms with Crippen LogP contribution < -0.4 is 0 Å². The number of cyclic esters (lactones) is 1. The number of hydrogen-bond acceptors (Lipinski definition) is 5. The summed E-state index contributed by atoms with van der Waals surface area (Å²) in [5.41, 5.74) is 2.75. The van der Waals surface area contributed by atoms with Crippen LogP contribution in [0.5, 0.6) is 0 Å². The first kappa shape index (κ1) is 32.0. The molecular weight excluding hydrogens is 468 g/mol. The minimum atomic E-state index is -1.01. The van der Waals surface area contributed by atoms with Gasteiger partial charge in [-0.25, -0.2) is 9.59 Å². The van der Waals surface area contributed by atoms with Crippen molar-refractivity contribution in [1.82, 2.24) is 0 Å². The Morgan fingerprint density at radius 2 is 1.73 bits per heavy atom. The van der Waals surface area contributed by atoms with Crippen molar-refractivity contribution in [1.29, 1.82) is 0 Å². The largest absolute Gasteiger partial charge is 0.478 e. The van der Waals surface area contributed by atoms with Crippen molar-refractivity contribution in [3.63, 3.8) is 0 Å². The van der Waals surface area contributed by atoms with Gasteiger partial charge in [0.05, 0.1) is 6.10 Å². The van der Waals surface area contributed by atoms with Gasteiger partial charge in [-0.2, -0.15) is 0 Å². The molecule has 6 unspecified atom stereocenters. The molecule has 1 aliphatic heterocycles. The Kier molecular flexibility index (Phi) is 13.8. The number of carboxylic acid groups (broad SMARTS) is 1. The van der Waals surface area contributed by atoms with E-state index < -0.39 is 18.0 Å². The van der Waals surface area contributed by atoms with Gasteiger partial charge in [0.2, 0.25) is 0 Å². The lowest BCUT2D eigenvalue weighted by molar-refractivity contribution is -0.141. The van der Waals surface area contributed by atoms with Crippen LogP contribution in [0.15, 0.2) is 71.4 Å². The summed E-state index contributed by atoms with van der Waals surface area (Å²) in [6.07, 6.45) is 17.4. The molecule has 0 fully saturated rings. The van der Waals surface area contributed by atoms with E-state index in [-0.39, 0.29) is 29.7 Å². The molecule has 0 spiro atoms. The second-order valence-electron chi connectivity index (χ2n) is 10.4. The summed E-state index contributed by atoms with van der Waals surface area (Å²) in [4.78, 5) is 35.0. The molecule has 6 nitrogen and oxygen atoms in total. The summed E-state index contributed by atoms with van der Waals surface area (Å²) in [5.74, 6) is -2.16. The highest BCUT2D eigenvalue weighted by atomic mass is 16.5. The van der Waals surface area contributed by atoms with Crippen LogP contribution in [0.1, 0.15) is 67.7 Å². The molecule has 0 aliphatic carbocycles. The maximum Gasteiger partial charge on any atom is 0.331 e. The van der Waals surface area contributed by atoms with Gasteiger partial charge in [0.15, 0.2) is 0 Å². The molecule has 0 bridgehead atoms. The fourth-order valence-electron chi connectivity index (χ4n) is 4.46. The first-order chi connectivity index (χ1) is 17.3. The number of Topliss-reactive ketones (excluding diaryl/α,β-unsaturated/α-hetero) is 1. The number of aliphatic carboxylic acids is 1. The fourth-order valence-corrected chi connectivity index (χ4v) is 4.46. The first-order valence-electron chi connectivity index (χ1n) is 13.0. The molecule has 6 heteroatoms. The van der Waals surface area contributed by atoms with Crippen molar-refractivity contribution in [2.75, 3.05) is 0 Å². The van der Waals surface area contributed by atoms with Crippen molar-refractivity contribution >= 4 is 17.7 Å². The molecule has 0 aromatic heterocycles. The van der Waals surface area contributed by atoms with Crippen LogP contribution in [-0.2, 0) is 19.1 Å². The third-order valence-corrected chi connectivity index (χ3v) is 6.42. The zero-order valence-corrected chi connectivity index (χ0v) is 23.3. The number of aliphatic hydroxyl groups excluding tert-OH is 1. The lowest BCUT2D eigenvalue weighted by atomic mass is 9.83. The van der Waals surface area contributed by atoms with Crippen LogP contribution in [-0.4, -0.2) is 40.1 Å². The van der Waals surface area contributed by atoms with Crippen molar-refractivity contribution < 1.29 is 29.3 Å². The molecular formula is C31H44O6. The van der Waals surface area contributed by atoms with Gasteiger partial charge in [-0.1, -0.05) is 80.9 Å². The minimum absolute atomic E-state index is 0.0372. The molecule has 204 valence electrons. The summed E-state index contributed by atoms with van der Waals surface area (Å²) in [6, 6.07) is 0. The van der Waals surface area contributed by atoms with Gasteiger partial charge in [-0.3, -0.25) is 4.79 Å². The molecule has 6 atom stereocenters. The van der Waals surface area contributed by atoms with E-state index in [1.807, 2.05) is 58.1 Å². The van der Waals surface area contributed by atoms with E-state index in [9.17, 15) is 19.5 Å². The summed E-state index contributed by atoms with van der Waals surface area (Å²) >= 11 is 0. The lowest BCUT2D eigenvalue weighted by Gasteiger charge is -2.25. The number of carboxylic acids is 1. The second-order valence-corrected chi connectivity index (χ2v) is 10.4. The Morgan fingerprint density at radius 1 is 1.08 bits per heavy atom. The topological polar surface area (TPSA) is 101 Å². The third-order valence-electron chi connectivity index (χ3n) is 6.42. The van der Waals surface area contributed by atoms with Crippen LogP contribution in [0.25, 0.3) is 0 Å². The molecule has 0 saturated heterocycles. The number of carbonyl (C=O) groups excluding carboxylic acids is 2. The normalized spacial score (nSPS) is 21.6. The summed E-state index contributed by atoms with van der Waals surface area (Å²) in [7, 11) is 0. The number of ketones is 1. The number of carbonyl (C=O) groups is 3. The Labute approximate surface area is 222 Å². The maximum absolute atomic E-state index is 12.9. The average Bonchev–Trinajstić information content (AvgIpc) is 2.80. The van der Waals surface area contributed by atoms with Gasteiger partial charge in [-0.15, -0.1) is 0 Å². The van der Waals surface area contributed by atoms with Gasteiger partial charge >= 0.3 is 11.9 Å². The van der Waals surface area contributed by atoms with E-state index in [0.29, 0.717) is 24.3 Å². The maximum atomic E-state index is 12.9. The van der Waals surface area contributed by atoms with Crippen LogP contribution >= 0.6 is 0 Å². The molecule has 0 amide bonds. The molecule has 0 aromatic carbocycles. The van der Waals surface area contributed by atoms with Crippen LogP contribution in [0.4, 0.5) is 0 Å². The van der Waals surface area contributed by atoms with E-state index in [1.165, 1.54) is 6.08 Å².